The van der Waals surface area contributed by atoms with Crippen LogP contribution >= 0.6 is 45.8 Å². The Bertz CT molecular complexity index is 738. The first-order valence-corrected chi connectivity index (χ1v) is 8.50. The third-order valence-electron chi connectivity index (χ3n) is 2.85. The second-order valence-electron chi connectivity index (χ2n) is 4.59. The van der Waals surface area contributed by atoms with E-state index in [1.54, 1.807) is 31.3 Å². The molecular weight excluding hydrogens is 450 g/mol. The summed E-state index contributed by atoms with van der Waals surface area (Å²) in [4.78, 5) is 12.0. The van der Waals surface area contributed by atoms with Gasteiger partial charge in [-0.05, 0) is 53.8 Å². The highest BCUT2D eigenvalue weighted by atomic mass is 127. The zero-order valence-electron chi connectivity index (χ0n) is 12.1. The molecule has 0 aromatic heterocycles. The van der Waals surface area contributed by atoms with Crippen molar-refractivity contribution in [3.63, 3.8) is 0 Å². The molecule has 2 aromatic rings. The number of nitrogens with one attached hydrogen (secondary N) is 1. The Balaban J connectivity index is 1.94. The van der Waals surface area contributed by atoms with Crippen LogP contribution in [-0.2, 0) is 4.79 Å². The number of benzene rings is 2. The number of rotatable bonds is 5. The summed E-state index contributed by atoms with van der Waals surface area (Å²) in [6.45, 7) is 1.61. The molecule has 0 saturated carbocycles. The first-order valence-electron chi connectivity index (χ1n) is 6.66. The summed E-state index contributed by atoms with van der Waals surface area (Å²) in [5.41, 5.74) is 3.36. The van der Waals surface area contributed by atoms with E-state index in [1.165, 1.54) is 0 Å². The molecule has 0 bridgehead atoms. The lowest BCUT2D eigenvalue weighted by molar-refractivity contribution is -0.127. The molecule has 2 aromatic carbocycles. The van der Waals surface area contributed by atoms with Gasteiger partial charge in [0, 0.05) is 14.2 Å². The standard InChI is InChI=1S/C16H13Cl2IN2O2/c1-10(23-15-7-6-12(17)8-13(15)18)16(22)21-20-9-11-4-2-3-5-14(11)19/h2-10H,1H3,(H,21,22). The molecule has 1 unspecified atom stereocenters. The molecule has 0 radical (unpaired) electrons. The van der Waals surface area contributed by atoms with Crippen LogP contribution in [0.2, 0.25) is 10.0 Å². The van der Waals surface area contributed by atoms with Gasteiger partial charge in [-0.15, -0.1) is 0 Å². The summed E-state index contributed by atoms with van der Waals surface area (Å²) in [5.74, 6) is 0.0125. The molecular formula is C16H13Cl2IN2O2. The molecule has 1 amide bonds. The van der Waals surface area contributed by atoms with Gasteiger partial charge in [0.15, 0.2) is 6.10 Å². The molecule has 4 nitrogen and oxygen atoms in total. The van der Waals surface area contributed by atoms with Gasteiger partial charge in [-0.2, -0.15) is 5.10 Å². The van der Waals surface area contributed by atoms with Crippen molar-refractivity contribution in [2.75, 3.05) is 0 Å². The van der Waals surface area contributed by atoms with Gasteiger partial charge in [0.2, 0.25) is 0 Å². The maximum atomic E-state index is 12.0. The number of amides is 1. The van der Waals surface area contributed by atoms with E-state index in [-0.39, 0.29) is 5.91 Å². The average Bonchev–Trinajstić information content (AvgIpc) is 2.51. The van der Waals surface area contributed by atoms with E-state index in [2.05, 4.69) is 33.1 Å². The maximum absolute atomic E-state index is 12.0. The third kappa shape index (κ3) is 5.37. The van der Waals surface area contributed by atoms with Crippen molar-refractivity contribution in [2.24, 2.45) is 5.10 Å². The molecule has 0 spiro atoms. The molecule has 0 saturated heterocycles. The number of carbonyl (C=O) groups is 1. The van der Waals surface area contributed by atoms with Gasteiger partial charge >= 0.3 is 0 Å². The summed E-state index contributed by atoms with van der Waals surface area (Å²) in [6.07, 6.45) is 0.836. The second kappa shape index (κ2) is 8.52. The molecule has 0 aliphatic heterocycles. The number of halogens is 3. The number of hydrazone groups is 1. The SMILES string of the molecule is CC(Oc1ccc(Cl)cc1Cl)C(=O)NN=Cc1ccccc1I. The fourth-order valence-electron chi connectivity index (χ4n) is 1.65. The monoisotopic (exact) mass is 462 g/mol. The van der Waals surface area contributed by atoms with Gasteiger partial charge in [-0.3, -0.25) is 4.79 Å². The van der Waals surface area contributed by atoms with Crippen molar-refractivity contribution in [1.29, 1.82) is 0 Å². The molecule has 2 rings (SSSR count). The van der Waals surface area contributed by atoms with Crippen molar-refractivity contribution in [2.45, 2.75) is 13.0 Å². The maximum Gasteiger partial charge on any atom is 0.280 e. The molecule has 0 aliphatic rings. The highest BCUT2D eigenvalue weighted by Gasteiger charge is 2.15. The molecule has 120 valence electrons. The van der Waals surface area contributed by atoms with Gasteiger partial charge < -0.3 is 4.74 Å². The van der Waals surface area contributed by atoms with Crippen molar-refractivity contribution >= 4 is 57.9 Å². The highest BCUT2D eigenvalue weighted by Crippen LogP contribution is 2.28. The van der Waals surface area contributed by atoms with E-state index < -0.39 is 6.10 Å². The van der Waals surface area contributed by atoms with Crippen molar-refractivity contribution < 1.29 is 9.53 Å². The molecule has 1 atom stereocenters. The smallest absolute Gasteiger partial charge is 0.280 e. The Kier molecular flexibility index (Phi) is 6.68. The average molecular weight is 463 g/mol. The highest BCUT2D eigenvalue weighted by molar-refractivity contribution is 14.1. The summed E-state index contributed by atoms with van der Waals surface area (Å²) in [5, 5.41) is 4.79. The van der Waals surface area contributed by atoms with Gasteiger partial charge in [-0.1, -0.05) is 41.4 Å². The van der Waals surface area contributed by atoms with Crippen LogP contribution in [0.1, 0.15) is 12.5 Å². The first-order chi connectivity index (χ1) is 11.0. The minimum Gasteiger partial charge on any atom is -0.479 e. The second-order valence-corrected chi connectivity index (χ2v) is 6.60. The van der Waals surface area contributed by atoms with Crippen molar-refractivity contribution in [1.82, 2.24) is 5.43 Å². The van der Waals surface area contributed by atoms with Crippen LogP contribution in [0.4, 0.5) is 0 Å². The predicted molar refractivity (Wildman–Crippen MR) is 101 cm³/mol. The molecule has 7 heteroatoms. The zero-order chi connectivity index (χ0) is 16.8. The fraction of sp³-hybridized carbons (Fsp3) is 0.125. The minimum absolute atomic E-state index is 0.347. The van der Waals surface area contributed by atoms with E-state index in [0.717, 1.165) is 9.13 Å². The number of hydrogen-bond acceptors (Lipinski definition) is 3. The molecule has 23 heavy (non-hydrogen) atoms. The zero-order valence-corrected chi connectivity index (χ0v) is 15.8. The number of nitrogens with zero attached hydrogens (tertiary/aromatic N) is 1. The third-order valence-corrected chi connectivity index (χ3v) is 4.36. The van der Waals surface area contributed by atoms with Crippen LogP contribution in [0.15, 0.2) is 47.6 Å². The molecule has 1 N–H and O–H groups in total. The summed E-state index contributed by atoms with van der Waals surface area (Å²) >= 11 is 14.0. The molecule has 0 aliphatic carbocycles. The molecule has 0 fully saturated rings. The van der Waals surface area contributed by atoms with Crippen LogP contribution in [0.5, 0.6) is 5.75 Å². The summed E-state index contributed by atoms with van der Waals surface area (Å²) < 4.78 is 6.55. The first kappa shape index (κ1) is 18.0. The topological polar surface area (TPSA) is 50.7 Å². The number of ether oxygens (including phenoxy) is 1. The van der Waals surface area contributed by atoms with Crippen LogP contribution < -0.4 is 10.2 Å². The largest absolute Gasteiger partial charge is 0.479 e. The van der Waals surface area contributed by atoms with Gasteiger partial charge in [0.05, 0.1) is 11.2 Å². The van der Waals surface area contributed by atoms with Crippen LogP contribution in [0, 0.1) is 3.57 Å². The van der Waals surface area contributed by atoms with Crippen LogP contribution in [-0.4, -0.2) is 18.2 Å². The van der Waals surface area contributed by atoms with Crippen molar-refractivity contribution in [3.05, 3.63) is 61.6 Å². The quantitative estimate of drug-likeness (QED) is 0.403. The number of carbonyl (C=O) groups excluding carboxylic acids is 1. The Morgan fingerprint density at radius 1 is 1.30 bits per heavy atom. The van der Waals surface area contributed by atoms with E-state index >= 15 is 0 Å². The van der Waals surface area contributed by atoms with Gasteiger partial charge in [0.1, 0.15) is 5.75 Å². The van der Waals surface area contributed by atoms with Crippen LogP contribution in [0.3, 0.4) is 0 Å². The lowest BCUT2D eigenvalue weighted by Gasteiger charge is -2.14. The van der Waals surface area contributed by atoms with Crippen molar-refractivity contribution in [3.8, 4) is 5.75 Å². The van der Waals surface area contributed by atoms with E-state index in [4.69, 9.17) is 27.9 Å². The summed E-state index contributed by atoms with van der Waals surface area (Å²) in [6, 6.07) is 12.5. The number of hydrogen-bond donors (Lipinski definition) is 1. The Morgan fingerprint density at radius 2 is 2.04 bits per heavy atom. The van der Waals surface area contributed by atoms with E-state index in [1.807, 2.05) is 24.3 Å². The Morgan fingerprint density at radius 3 is 2.74 bits per heavy atom. The van der Waals surface area contributed by atoms with Gasteiger partial charge in [-0.25, -0.2) is 5.43 Å². The molecule has 0 heterocycles. The summed E-state index contributed by atoms with van der Waals surface area (Å²) in [7, 11) is 0. The van der Waals surface area contributed by atoms with Gasteiger partial charge in [0.25, 0.3) is 5.91 Å². The predicted octanol–water partition coefficient (Wildman–Crippen LogP) is 4.52. The Hall–Kier alpha value is -1.31. The fourth-order valence-corrected chi connectivity index (χ4v) is 2.63. The normalized spacial score (nSPS) is 12.2. The van der Waals surface area contributed by atoms with Crippen LogP contribution in [0.25, 0.3) is 0 Å². The van der Waals surface area contributed by atoms with E-state index in [9.17, 15) is 4.79 Å². The minimum atomic E-state index is -0.749. The van der Waals surface area contributed by atoms with E-state index in [0.29, 0.717) is 15.8 Å². The Labute approximate surface area is 158 Å². The lowest BCUT2D eigenvalue weighted by atomic mass is 10.2. The lowest BCUT2D eigenvalue weighted by Crippen LogP contribution is -2.33.